The molecule has 0 unspecified atom stereocenters. The minimum absolute atomic E-state index is 0. The van der Waals surface area contributed by atoms with Gasteiger partial charge in [0, 0.05) is 0 Å². The topological polar surface area (TPSA) is 0 Å². The molecule has 0 atom stereocenters. The predicted molar refractivity (Wildman–Crippen MR) is 87.7 cm³/mol. The summed E-state index contributed by atoms with van der Waals surface area (Å²) in [7, 11) is -0.498. The van der Waals surface area contributed by atoms with Crippen molar-refractivity contribution < 1.29 is 7.89 Å². The average molecular weight is 474 g/mol. The maximum Gasteiger partial charge on any atom is -0.358 e. The first-order valence-electron chi connectivity index (χ1n) is 5.65. The van der Waals surface area contributed by atoms with Crippen LogP contribution in [0.4, 0.5) is 0 Å². The standard InChI is InChI=1S/2C5H10.CH3.CH2.2HI.V/c2*1-2-4-5-3-1;;;;;/h2*1-5H2;1H3;1H2;2*1H;/q;;-1;;;;+2/p-2. The van der Waals surface area contributed by atoms with Gasteiger partial charge in [0.2, 0.25) is 0 Å². The van der Waals surface area contributed by atoms with Gasteiger partial charge in [-0.1, -0.05) is 64.2 Å². The van der Waals surface area contributed by atoms with Crippen LogP contribution in [0.25, 0.3) is 0 Å². The van der Waals surface area contributed by atoms with Crippen molar-refractivity contribution in [1.29, 1.82) is 0 Å². The first-order valence-corrected chi connectivity index (χ1v) is 15.7. The van der Waals surface area contributed by atoms with Gasteiger partial charge in [0.25, 0.3) is 0 Å². The maximum atomic E-state index is 3.76. The molecule has 0 spiro atoms. The van der Waals surface area contributed by atoms with Gasteiger partial charge in [-0.05, 0) is 0 Å². The number of hydrogen-bond donors (Lipinski definition) is 0. The molecule has 93 valence electrons. The van der Waals surface area contributed by atoms with E-state index in [1.165, 1.54) is 64.2 Å². The van der Waals surface area contributed by atoms with E-state index >= 15 is 0 Å². The summed E-state index contributed by atoms with van der Waals surface area (Å²) < 4.78 is 0. The Labute approximate surface area is 123 Å². The zero-order chi connectivity index (χ0) is 10.6. The Morgan fingerprint density at radius 3 is 0.733 bits per heavy atom. The monoisotopic (exact) mass is 474 g/mol. The number of hydrogen-bond acceptors (Lipinski definition) is 0. The third-order valence-corrected chi connectivity index (χ3v) is 2.50. The summed E-state index contributed by atoms with van der Waals surface area (Å²) in [6.07, 6.45) is 15.0. The van der Waals surface area contributed by atoms with Gasteiger partial charge < -0.3 is 7.43 Å². The van der Waals surface area contributed by atoms with Crippen molar-refractivity contribution in [3.8, 4) is 0 Å². The second-order valence-corrected chi connectivity index (χ2v) is 22.0. The molecule has 0 aliphatic heterocycles. The Hall–Kier alpha value is 1.91. The van der Waals surface area contributed by atoms with Gasteiger partial charge in [-0.3, -0.25) is 0 Å². The van der Waals surface area contributed by atoms with E-state index in [0.29, 0.717) is 0 Å². The van der Waals surface area contributed by atoms with Crippen LogP contribution < -0.4 is 0 Å². The fraction of sp³-hybridized carbons (Fsp3) is 0.833. The van der Waals surface area contributed by atoms with Gasteiger partial charge in [0.1, 0.15) is 0 Å². The van der Waals surface area contributed by atoms with E-state index in [4.69, 9.17) is 0 Å². The van der Waals surface area contributed by atoms with Crippen LogP contribution in [0.1, 0.15) is 64.2 Å². The number of rotatable bonds is 0. The Bertz CT molecular complexity index is 100. The van der Waals surface area contributed by atoms with Crippen LogP contribution in [0.15, 0.2) is 0 Å². The van der Waals surface area contributed by atoms with E-state index < -0.39 is 7.89 Å². The van der Waals surface area contributed by atoms with Gasteiger partial charge in [0.15, 0.2) is 0 Å². The van der Waals surface area contributed by atoms with Gasteiger partial charge in [0.05, 0.1) is 0 Å². The molecule has 0 aromatic rings. The van der Waals surface area contributed by atoms with Crippen LogP contribution in [0.3, 0.4) is 0 Å². The summed E-state index contributed by atoms with van der Waals surface area (Å²) >= 11 is 4.73. The first-order chi connectivity index (χ1) is 6.73. The third kappa shape index (κ3) is 21.7. The fourth-order valence-electron chi connectivity index (χ4n) is 1.77. The minimum atomic E-state index is -0.498. The first kappa shape index (κ1) is 19.3. The van der Waals surface area contributed by atoms with Crippen LogP contribution in [0.5, 0.6) is 0 Å². The maximum absolute atomic E-state index is 3.76. The van der Waals surface area contributed by atoms with Crippen LogP contribution in [0.2, 0.25) is 0 Å². The second-order valence-electron chi connectivity index (χ2n) is 3.84. The summed E-state index contributed by atoms with van der Waals surface area (Å²) in [5.74, 6) is 0. The van der Waals surface area contributed by atoms with Crippen molar-refractivity contribution in [2.45, 2.75) is 64.2 Å². The molecule has 2 fully saturated rings. The smallest absolute Gasteiger partial charge is 0.358 e. The third-order valence-electron chi connectivity index (χ3n) is 2.50. The Morgan fingerprint density at radius 2 is 0.667 bits per heavy atom. The molecule has 0 heterocycles. The molecular formula is C12H25I2V-. The molecule has 0 N–H and O–H groups in total. The molecule has 0 amide bonds. The SMILES string of the molecule is C1CCCC1.C1CCCC1.[CH2]=[V]([I])[I].[CH3-]. The van der Waals surface area contributed by atoms with E-state index in [0.717, 1.165) is 0 Å². The second kappa shape index (κ2) is 15.9. The molecule has 2 saturated carbocycles. The predicted octanol–water partition coefficient (Wildman–Crippen LogP) is 6.09. The van der Waals surface area contributed by atoms with Crippen LogP contribution >= 0.6 is 40.0 Å². The molecule has 0 nitrogen and oxygen atoms in total. The number of halogens is 2. The zero-order valence-corrected chi connectivity index (χ0v) is 15.7. The summed E-state index contributed by atoms with van der Waals surface area (Å²) in [5.41, 5.74) is 0. The molecule has 15 heavy (non-hydrogen) atoms. The van der Waals surface area contributed by atoms with Crippen molar-refractivity contribution in [2.75, 3.05) is 0 Å². The van der Waals surface area contributed by atoms with Gasteiger partial charge in [-0.25, -0.2) is 0 Å². The summed E-state index contributed by atoms with van der Waals surface area (Å²) in [5, 5.41) is 3.76. The Morgan fingerprint density at radius 1 is 0.600 bits per heavy atom. The van der Waals surface area contributed by atoms with Crippen LogP contribution in [-0.2, 0) is 7.89 Å². The Balaban J connectivity index is 0. The van der Waals surface area contributed by atoms with Gasteiger partial charge in [-0.2, -0.15) is 0 Å². The molecule has 0 radical (unpaired) electrons. The molecule has 2 aliphatic rings. The van der Waals surface area contributed by atoms with Crippen LogP contribution in [0, 0.1) is 7.43 Å². The molecule has 2 rings (SSSR count). The van der Waals surface area contributed by atoms with Crippen molar-refractivity contribution >= 4 is 45.2 Å². The molecule has 0 aromatic carbocycles. The van der Waals surface area contributed by atoms with E-state index in [-0.39, 0.29) is 7.43 Å². The quantitative estimate of drug-likeness (QED) is 0.295. The normalized spacial score (nSPS) is 17.7. The zero-order valence-electron chi connectivity index (χ0n) is 9.98. The van der Waals surface area contributed by atoms with Crippen molar-refractivity contribution in [2.24, 2.45) is 0 Å². The average Bonchev–Trinajstić information content (AvgIpc) is 2.83. The van der Waals surface area contributed by atoms with Gasteiger partial charge >= 0.3 is 53.1 Å². The van der Waals surface area contributed by atoms with E-state index in [2.05, 4.69) is 45.2 Å². The van der Waals surface area contributed by atoms with E-state index in [9.17, 15) is 0 Å². The molecule has 2 aliphatic carbocycles. The largest absolute Gasteiger partial charge is 0.358 e. The van der Waals surface area contributed by atoms with E-state index in [1.807, 2.05) is 0 Å². The molecular weight excluding hydrogens is 449 g/mol. The molecule has 3 heteroatoms. The van der Waals surface area contributed by atoms with Crippen LogP contribution in [-0.4, -0.2) is 5.23 Å². The fourth-order valence-corrected chi connectivity index (χ4v) is 1.77. The van der Waals surface area contributed by atoms with Crippen molar-refractivity contribution in [1.82, 2.24) is 0 Å². The molecule has 0 bridgehead atoms. The minimum Gasteiger partial charge on any atom is -0.358 e. The van der Waals surface area contributed by atoms with Crippen molar-refractivity contribution in [3.63, 3.8) is 0 Å². The molecule has 0 saturated heterocycles. The summed E-state index contributed by atoms with van der Waals surface area (Å²) in [4.78, 5) is 0. The summed E-state index contributed by atoms with van der Waals surface area (Å²) in [6.45, 7) is 0. The van der Waals surface area contributed by atoms with Crippen molar-refractivity contribution in [3.05, 3.63) is 7.43 Å². The van der Waals surface area contributed by atoms with Gasteiger partial charge in [-0.15, -0.1) is 0 Å². The Kier molecular flexibility index (Phi) is 20.4. The molecule has 0 aromatic heterocycles. The summed E-state index contributed by atoms with van der Waals surface area (Å²) in [6, 6.07) is 0. The van der Waals surface area contributed by atoms with E-state index in [1.54, 1.807) is 0 Å².